The molecule has 4 aliphatic carbocycles. The van der Waals surface area contributed by atoms with E-state index in [-0.39, 0.29) is 4.75 Å². The van der Waals surface area contributed by atoms with Crippen molar-refractivity contribution in [2.75, 3.05) is 5.75 Å². The van der Waals surface area contributed by atoms with Crippen molar-refractivity contribution in [3.05, 3.63) is 11.6 Å². The van der Waals surface area contributed by atoms with E-state index in [1.54, 1.807) is 0 Å². The van der Waals surface area contributed by atoms with Crippen LogP contribution < -0.4 is 0 Å². The van der Waals surface area contributed by atoms with Gasteiger partial charge in [0.15, 0.2) is 5.78 Å². The van der Waals surface area contributed by atoms with Crippen LogP contribution in [-0.4, -0.2) is 16.3 Å². The summed E-state index contributed by atoms with van der Waals surface area (Å²) in [5.41, 5.74) is 1.78. The number of rotatable bonds is 4. The predicted octanol–water partition coefficient (Wildman–Crippen LogP) is 6.28. The third-order valence-corrected chi connectivity index (χ3v) is 10.6. The van der Waals surface area contributed by atoms with Crippen molar-refractivity contribution >= 4 is 17.5 Å². The molecule has 3 saturated carbocycles. The summed E-state index contributed by atoms with van der Waals surface area (Å²) in [7, 11) is 0. The number of carbonyl (C=O) groups is 1. The average molecular weight is 385 g/mol. The van der Waals surface area contributed by atoms with Gasteiger partial charge in [0, 0.05) is 6.42 Å². The second-order valence-corrected chi connectivity index (χ2v) is 11.4. The molecule has 148 valence electrons. The van der Waals surface area contributed by atoms with Crippen molar-refractivity contribution in [2.24, 2.45) is 35.0 Å². The molecule has 0 aromatic heterocycles. The molecule has 0 saturated heterocycles. The molecule has 27 heavy (non-hydrogen) atoms. The first kappa shape index (κ1) is 19.6. The van der Waals surface area contributed by atoms with Crippen molar-refractivity contribution < 1.29 is 4.79 Å². The van der Waals surface area contributed by atoms with Crippen LogP contribution >= 0.6 is 11.8 Å². The Balaban J connectivity index is 1.62. The van der Waals surface area contributed by atoms with Crippen LogP contribution in [0.2, 0.25) is 0 Å². The molecule has 1 nitrogen and oxygen atoms in total. The Morgan fingerprint density at radius 3 is 2.85 bits per heavy atom. The maximum absolute atomic E-state index is 12.0. The molecule has 0 aromatic carbocycles. The summed E-state index contributed by atoms with van der Waals surface area (Å²) in [6.45, 7) is 7.28. The number of thioether (sulfide) groups is 1. The zero-order valence-corrected chi connectivity index (χ0v) is 18.2. The Labute approximate surface area is 170 Å². The minimum atomic E-state index is 0.0518. The lowest BCUT2D eigenvalue weighted by Crippen LogP contribution is -2.53. The molecule has 0 N–H and O–H groups in total. The van der Waals surface area contributed by atoms with E-state index >= 15 is 0 Å². The van der Waals surface area contributed by atoms with E-state index in [2.05, 4.69) is 38.5 Å². The quantitative estimate of drug-likeness (QED) is 0.419. The zero-order valence-electron chi connectivity index (χ0n) is 17.4. The van der Waals surface area contributed by atoms with Crippen LogP contribution in [-0.2, 0) is 4.79 Å². The molecule has 4 aliphatic rings. The van der Waals surface area contributed by atoms with E-state index in [1.165, 1.54) is 49.9 Å². The Kier molecular flexibility index (Phi) is 5.30. The van der Waals surface area contributed by atoms with E-state index in [4.69, 9.17) is 6.42 Å². The molecular formula is C25H36OS. The number of hydrogen-bond acceptors (Lipinski definition) is 2. The highest BCUT2D eigenvalue weighted by Crippen LogP contribution is 2.68. The molecular weight excluding hydrogens is 348 g/mol. The lowest BCUT2D eigenvalue weighted by Gasteiger charge is -2.57. The Morgan fingerprint density at radius 2 is 2.11 bits per heavy atom. The summed E-state index contributed by atoms with van der Waals surface area (Å²) in [6, 6.07) is 0. The topological polar surface area (TPSA) is 17.1 Å². The first-order chi connectivity index (χ1) is 13.0. The van der Waals surface area contributed by atoms with Gasteiger partial charge in [0.2, 0.25) is 0 Å². The predicted molar refractivity (Wildman–Crippen MR) is 116 cm³/mol. The Bertz CT molecular complexity index is 672. The number of fused-ring (bicyclic) bond motifs is 5. The summed E-state index contributed by atoms with van der Waals surface area (Å²) in [4.78, 5) is 12.0. The molecule has 0 amide bonds. The van der Waals surface area contributed by atoms with Gasteiger partial charge < -0.3 is 0 Å². The van der Waals surface area contributed by atoms with Gasteiger partial charge in [0.25, 0.3) is 0 Å². The second kappa shape index (κ2) is 7.29. The molecule has 0 bridgehead atoms. The average Bonchev–Trinajstić information content (AvgIpc) is 2.94. The van der Waals surface area contributed by atoms with Crippen molar-refractivity contribution in [3.63, 3.8) is 0 Å². The van der Waals surface area contributed by atoms with Gasteiger partial charge >= 0.3 is 0 Å². The fourth-order valence-corrected chi connectivity index (χ4v) is 9.21. The summed E-state index contributed by atoms with van der Waals surface area (Å²) >= 11 is 2.11. The Morgan fingerprint density at radius 1 is 1.30 bits per heavy atom. The first-order valence-corrected chi connectivity index (χ1v) is 12.3. The van der Waals surface area contributed by atoms with Crippen LogP contribution in [0.25, 0.3) is 0 Å². The summed E-state index contributed by atoms with van der Waals surface area (Å²) in [5, 5.41) is 0. The minimum absolute atomic E-state index is 0.0518. The summed E-state index contributed by atoms with van der Waals surface area (Å²) in [5.74, 6) is 8.69. The standard InChI is InChI=1S/C25H36OS/c1-5-7-14-27-25(6-2)13-11-22-23-17(3)15-18-16-19(26)8-9-20(18)21(23)10-12-24(22,25)4/h2,16-17,20-23H,5,7-15H2,1,3-4H3/t17-,20?,21?,22?,23?,24+,25-/m1/s1. The highest BCUT2D eigenvalue weighted by Gasteiger charge is 2.63. The van der Waals surface area contributed by atoms with Crippen molar-refractivity contribution in [1.82, 2.24) is 0 Å². The summed E-state index contributed by atoms with van der Waals surface area (Å²) < 4.78 is 0.0518. The number of unbranched alkanes of at least 4 members (excludes halogenated alkanes) is 1. The third-order valence-electron chi connectivity index (χ3n) is 8.84. The lowest BCUT2D eigenvalue weighted by atomic mass is 9.49. The normalized spacial score (nSPS) is 46.1. The monoisotopic (exact) mass is 384 g/mol. The molecule has 0 spiro atoms. The van der Waals surface area contributed by atoms with Gasteiger partial charge in [-0.05, 0) is 91.8 Å². The minimum Gasteiger partial charge on any atom is -0.295 e. The van der Waals surface area contributed by atoms with Crippen LogP contribution in [0.1, 0.15) is 78.6 Å². The third kappa shape index (κ3) is 2.95. The van der Waals surface area contributed by atoms with Gasteiger partial charge in [-0.15, -0.1) is 18.2 Å². The van der Waals surface area contributed by atoms with Crippen LogP contribution in [0.3, 0.4) is 0 Å². The van der Waals surface area contributed by atoms with Crippen LogP contribution in [0.15, 0.2) is 11.6 Å². The molecule has 0 aromatic rings. The van der Waals surface area contributed by atoms with Gasteiger partial charge in [0.1, 0.15) is 0 Å². The molecule has 3 fully saturated rings. The van der Waals surface area contributed by atoms with Crippen LogP contribution in [0, 0.1) is 47.3 Å². The van der Waals surface area contributed by atoms with E-state index in [9.17, 15) is 4.79 Å². The van der Waals surface area contributed by atoms with E-state index in [0.29, 0.717) is 23.0 Å². The van der Waals surface area contributed by atoms with Gasteiger partial charge in [-0.3, -0.25) is 4.79 Å². The maximum atomic E-state index is 12.0. The van der Waals surface area contributed by atoms with Crippen LogP contribution in [0.5, 0.6) is 0 Å². The van der Waals surface area contributed by atoms with Gasteiger partial charge in [-0.1, -0.05) is 38.7 Å². The second-order valence-electron chi connectivity index (χ2n) is 10.0. The molecule has 2 heteroatoms. The van der Waals surface area contributed by atoms with Crippen LogP contribution in [0.4, 0.5) is 0 Å². The van der Waals surface area contributed by atoms with Crippen molar-refractivity contribution in [1.29, 1.82) is 0 Å². The molecule has 0 heterocycles. The zero-order chi connectivity index (χ0) is 19.2. The van der Waals surface area contributed by atoms with Gasteiger partial charge in [0.05, 0.1) is 4.75 Å². The fraction of sp³-hybridized carbons (Fsp3) is 0.800. The number of ketones is 1. The van der Waals surface area contributed by atoms with E-state index in [1.807, 2.05) is 6.08 Å². The number of carbonyl (C=O) groups excluding carboxylic acids is 1. The maximum Gasteiger partial charge on any atom is 0.155 e. The van der Waals surface area contributed by atoms with Gasteiger partial charge in [-0.2, -0.15) is 0 Å². The molecule has 4 rings (SSSR count). The van der Waals surface area contributed by atoms with Crippen molar-refractivity contribution in [3.8, 4) is 12.3 Å². The smallest absolute Gasteiger partial charge is 0.155 e. The number of hydrogen-bond donors (Lipinski definition) is 0. The Hall–Kier alpha value is -0.680. The van der Waals surface area contributed by atoms with E-state index in [0.717, 1.165) is 37.0 Å². The molecule has 7 atom stereocenters. The van der Waals surface area contributed by atoms with Crippen molar-refractivity contribution in [2.45, 2.75) is 83.3 Å². The fourth-order valence-electron chi connectivity index (χ4n) is 7.50. The lowest BCUT2D eigenvalue weighted by molar-refractivity contribution is -0.116. The highest BCUT2D eigenvalue weighted by molar-refractivity contribution is 8.00. The van der Waals surface area contributed by atoms with E-state index < -0.39 is 0 Å². The SMILES string of the molecule is C#C[C@@]1(SCCCC)CCC2C3C(CC[C@@]21C)C1CCC(=O)C=C1C[C@H]3C. The number of terminal acetylenes is 1. The van der Waals surface area contributed by atoms with Gasteiger partial charge in [-0.25, -0.2) is 0 Å². The highest BCUT2D eigenvalue weighted by atomic mass is 32.2. The largest absolute Gasteiger partial charge is 0.295 e. The number of allylic oxidation sites excluding steroid dienone is 1. The summed E-state index contributed by atoms with van der Waals surface area (Å²) in [6.07, 6.45) is 19.0. The molecule has 0 aliphatic heterocycles. The molecule has 0 radical (unpaired) electrons. The molecule has 4 unspecified atom stereocenters. The first-order valence-electron chi connectivity index (χ1n) is 11.3.